The number of rotatable bonds is 3. The molecule has 0 saturated heterocycles. The molecule has 1 N–H and O–H groups in total. The van der Waals surface area contributed by atoms with Crippen LogP contribution in [0.2, 0.25) is 0 Å². The van der Waals surface area contributed by atoms with E-state index in [2.05, 4.69) is 51.9 Å². The van der Waals surface area contributed by atoms with E-state index in [1.54, 1.807) is 0 Å². The van der Waals surface area contributed by atoms with Gasteiger partial charge in [-0.2, -0.15) is 0 Å². The highest BCUT2D eigenvalue weighted by Crippen LogP contribution is 2.33. The Morgan fingerprint density at radius 3 is 2.00 bits per heavy atom. The molecular formula is C15H23NO. The summed E-state index contributed by atoms with van der Waals surface area (Å²) in [5, 5.41) is 12.8. The molecule has 1 aromatic rings. The van der Waals surface area contributed by atoms with Crippen molar-refractivity contribution in [2.75, 3.05) is 0 Å². The summed E-state index contributed by atoms with van der Waals surface area (Å²) < 4.78 is 0. The van der Waals surface area contributed by atoms with Crippen LogP contribution < -0.4 is 0 Å². The van der Waals surface area contributed by atoms with Gasteiger partial charge < -0.3 is 5.21 Å². The Kier molecular flexibility index (Phi) is 3.97. The maximum atomic E-state index is 9.26. The summed E-state index contributed by atoms with van der Waals surface area (Å²) in [5.41, 5.74) is 1.85. The van der Waals surface area contributed by atoms with Crippen LogP contribution in [0.15, 0.2) is 35.5 Å². The van der Waals surface area contributed by atoms with Gasteiger partial charge in [0, 0.05) is 10.8 Å². The summed E-state index contributed by atoms with van der Waals surface area (Å²) in [4.78, 5) is 0. The number of hydrogen-bond acceptors (Lipinski definition) is 2. The minimum atomic E-state index is -0.144. The standard InChI is InChI=1S/C15H23NO/c1-14(2,3)13(16-17)15(4,5)11-12-9-7-6-8-10-12/h6-10,17H,11H2,1-5H3/b16-13+. The van der Waals surface area contributed by atoms with Crippen LogP contribution in [0.5, 0.6) is 0 Å². The average molecular weight is 233 g/mol. The lowest BCUT2D eigenvalue weighted by Crippen LogP contribution is -2.36. The average Bonchev–Trinajstić information content (AvgIpc) is 2.16. The van der Waals surface area contributed by atoms with E-state index in [-0.39, 0.29) is 10.8 Å². The number of hydrogen-bond donors (Lipinski definition) is 1. The molecule has 0 spiro atoms. The molecule has 94 valence electrons. The predicted octanol–water partition coefficient (Wildman–Crippen LogP) is 4.13. The van der Waals surface area contributed by atoms with Gasteiger partial charge >= 0.3 is 0 Å². The smallest absolute Gasteiger partial charge is 0.0683 e. The van der Waals surface area contributed by atoms with Crippen LogP contribution in [0.3, 0.4) is 0 Å². The highest BCUT2D eigenvalue weighted by molar-refractivity contribution is 5.93. The lowest BCUT2D eigenvalue weighted by molar-refractivity contribution is 0.293. The summed E-state index contributed by atoms with van der Waals surface area (Å²) in [6.45, 7) is 10.5. The summed E-state index contributed by atoms with van der Waals surface area (Å²) in [7, 11) is 0. The molecule has 0 bridgehead atoms. The SMILES string of the molecule is CC(C)(C)/C(=N\O)C(C)(C)Cc1ccccc1. The Morgan fingerprint density at radius 2 is 1.59 bits per heavy atom. The minimum Gasteiger partial charge on any atom is -0.411 e. The first-order valence-corrected chi connectivity index (χ1v) is 6.04. The van der Waals surface area contributed by atoms with Crippen molar-refractivity contribution in [3.63, 3.8) is 0 Å². The van der Waals surface area contributed by atoms with Gasteiger partial charge in [-0.1, -0.05) is 70.1 Å². The van der Waals surface area contributed by atoms with Crippen LogP contribution in [0, 0.1) is 10.8 Å². The highest BCUT2D eigenvalue weighted by atomic mass is 16.4. The second-order valence-corrected chi connectivity index (χ2v) is 6.24. The first-order chi connectivity index (χ1) is 7.77. The van der Waals surface area contributed by atoms with E-state index in [4.69, 9.17) is 0 Å². The van der Waals surface area contributed by atoms with Crippen molar-refractivity contribution in [1.29, 1.82) is 0 Å². The number of nitrogens with zero attached hydrogens (tertiary/aromatic N) is 1. The van der Waals surface area contributed by atoms with Gasteiger partial charge in [0.1, 0.15) is 0 Å². The van der Waals surface area contributed by atoms with Gasteiger partial charge in [-0.05, 0) is 12.0 Å². The van der Waals surface area contributed by atoms with Crippen LogP contribution in [-0.2, 0) is 6.42 Å². The van der Waals surface area contributed by atoms with Crippen molar-refractivity contribution < 1.29 is 5.21 Å². The second-order valence-electron chi connectivity index (χ2n) is 6.24. The zero-order chi connectivity index (χ0) is 13.1. The Labute approximate surface area is 104 Å². The molecule has 0 aromatic heterocycles. The van der Waals surface area contributed by atoms with Crippen LogP contribution >= 0.6 is 0 Å². The van der Waals surface area contributed by atoms with E-state index in [0.717, 1.165) is 12.1 Å². The van der Waals surface area contributed by atoms with Gasteiger partial charge in [0.2, 0.25) is 0 Å². The van der Waals surface area contributed by atoms with Crippen molar-refractivity contribution in [1.82, 2.24) is 0 Å². The van der Waals surface area contributed by atoms with Crippen molar-refractivity contribution in [3.8, 4) is 0 Å². The molecule has 0 unspecified atom stereocenters. The Hall–Kier alpha value is -1.31. The van der Waals surface area contributed by atoms with Crippen molar-refractivity contribution in [3.05, 3.63) is 35.9 Å². The first-order valence-electron chi connectivity index (χ1n) is 6.04. The first kappa shape index (κ1) is 13.8. The van der Waals surface area contributed by atoms with Crippen LogP contribution in [0.4, 0.5) is 0 Å². The third-order valence-electron chi connectivity index (χ3n) is 2.94. The van der Waals surface area contributed by atoms with Crippen LogP contribution in [0.25, 0.3) is 0 Å². The fourth-order valence-corrected chi connectivity index (χ4v) is 2.49. The highest BCUT2D eigenvalue weighted by Gasteiger charge is 2.34. The molecule has 0 aliphatic carbocycles. The molecule has 2 heteroatoms. The molecule has 1 rings (SSSR count). The molecule has 0 aliphatic rings. The van der Waals surface area contributed by atoms with Gasteiger partial charge in [0.25, 0.3) is 0 Å². The molecule has 0 radical (unpaired) electrons. The van der Waals surface area contributed by atoms with Crippen molar-refractivity contribution in [2.24, 2.45) is 16.0 Å². The van der Waals surface area contributed by atoms with Gasteiger partial charge in [-0.3, -0.25) is 0 Å². The predicted molar refractivity (Wildman–Crippen MR) is 72.6 cm³/mol. The molecule has 17 heavy (non-hydrogen) atoms. The van der Waals surface area contributed by atoms with Crippen LogP contribution in [-0.4, -0.2) is 10.9 Å². The van der Waals surface area contributed by atoms with Gasteiger partial charge in [-0.25, -0.2) is 0 Å². The number of benzene rings is 1. The normalized spacial score (nSPS) is 13.8. The van der Waals surface area contributed by atoms with E-state index >= 15 is 0 Å². The van der Waals surface area contributed by atoms with E-state index in [1.165, 1.54) is 5.56 Å². The zero-order valence-electron chi connectivity index (χ0n) is 11.5. The van der Waals surface area contributed by atoms with Crippen molar-refractivity contribution >= 4 is 5.71 Å². The molecule has 1 aromatic carbocycles. The largest absolute Gasteiger partial charge is 0.411 e. The van der Waals surface area contributed by atoms with Gasteiger partial charge in [-0.15, -0.1) is 0 Å². The zero-order valence-corrected chi connectivity index (χ0v) is 11.5. The van der Waals surface area contributed by atoms with E-state index in [9.17, 15) is 5.21 Å². The molecule has 0 fully saturated rings. The van der Waals surface area contributed by atoms with Crippen LogP contribution in [0.1, 0.15) is 40.2 Å². The molecule has 0 saturated carbocycles. The fourth-order valence-electron chi connectivity index (χ4n) is 2.49. The molecule has 0 amide bonds. The van der Waals surface area contributed by atoms with Gasteiger partial charge in [0.15, 0.2) is 0 Å². The van der Waals surface area contributed by atoms with E-state index in [0.29, 0.717) is 0 Å². The molecular weight excluding hydrogens is 210 g/mol. The van der Waals surface area contributed by atoms with Gasteiger partial charge in [0.05, 0.1) is 5.71 Å². The Morgan fingerprint density at radius 1 is 1.06 bits per heavy atom. The fraction of sp³-hybridized carbons (Fsp3) is 0.533. The van der Waals surface area contributed by atoms with Crippen molar-refractivity contribution in [2.45, 2.75) is 41.0 Å². The number of oxime groups is 1. The topological polar surface area (TPSA) is 32.6 Å². The third-order valence-corrected chi connectivity index (χ3v) is 2.94. The molecule has 0 atom stereocenters. The molecule has 2 nitrogen and oxygen atoms in total. The lowest BCUT2D eigenvalue weighted by atomic mass is 9.71. The summed E-state index contributed by atoms with van der Waals surface area (Å²) in [6, 6.07) is 10.3. The third kappa shape index (κ3) is 3.58. The molecule has 0 aliphatic heterocycles. The summed E-state index contributed by atoms with van der Waals surface area (Å²) in [5.74, 6) is 0. The minimum absolute atomic E-state index is 0.118. The van der Waals surface area contributed by atoms with E-state index < -0.39 is 0 Å². The van der Waals surface area contributed by atoms with E-state index in [1.807, 2.05) is 18.2 Å². The lowest BCUT2D eigenvalue weighted by Gasteiger charge is -2.33. The Bertz CT molecular complexity index is 385. The summed E-state index contributed by atoms with van der Waals surface area (Å²) in [6.07, 6.45) is 0.879. The molecule has 0 heterocycles. The second kappa shape index (κ2) is 4.91. The Balaban J connectivity index is 2.96. The summed E-state index contributed by atoms with van der Waals surface area (Å²) >= 11 is 0. The quantitative estimate of drug-likeness (QED) is 0.475. The maximum absolute atomic E-state index is 9.26. The monoisotopic (exact) mass is 233 g/mol. The maximum Gasteiger partial charge on any atom is 0.0683 e.